The molecule has 8 heteroatoms. The van der Waals surface area contributed by atoms with Gasteiger partial charge in [-0.15, -0.1) is 0 Å². The zero-order valence-electron chi connectivity index (χ0n) is 19.2. The first-order chi connectivity index (χ1) is 15.0. The average molecular weight is 445 g/mol. The van der Waals surface area contributed by atoms with Crippen LogP contribution in [-0.4, -0.2) is 77.0 Å². The maximum absolute atomic E-state index is 6.05. The van der Waals surface area contributed by atoms with Gasteiger partial charge in [0.05, 0.1) is 52.9 Å². The first-order valence-corrected chi connectivity index (χ1v) is 12.1. The standard InChI is InChI=1S/C23H40O8/c1-21(2,17-24-13-19-15-28-22(30-19)9-5-3-7-11-26-22)18-25-14-20-16-29-23(31-20)10-6-4-8-12-27-23/h19-20H,3-18H2,1-2H3. The van der Waals surface area contributed by atoms with E-state index < -0.39 is 11.9 Å². The maximum Gasteiger partial charge on any atom is 0.283 e. The molecule has 0 aliphatic carbocycles. The minimum absolute atomic E-state index is 0.0883. The summed E-state index contributed by atoms with van der Waals surface area (Å²) in [7, 11) is 0. The molecule has 0 saturated carbocycles. The molecule has 0 bridgehead atoms. The molecule has 0 amide bonds. The monoisotopic (exact) mass is 444 g/mol. The highest BCUT2D eigenvalue weighted by molar-refractivity contribution is 4.76. The van der Waals surface area contributed by atoms with E-state index in [4.69, 9.17) is 37.9 Å². The minimum atomic E-state index is -0.842. The van der Waals surface area contributed by atoms with Gasteiger partial charge < -0.3 is 37.9 Å². The lowest BCUT2D eigenvalue weighted by atomic mass is 9.96. The second kappa shape index (κ2) is 10.7. The molecule has 4 unspecified atom stereocenters. The van der Waals surface area contributed by atoms with Crippen LogP contribution in [-0.2, 0) is 37.9 Å². The molecule has 180 valence electrons. The van der Waals surface area contributed by atoms with E-state index in [-0.39, 0.29) is 17.6 Å². The van der Waals surface area contributed by atoms with E-state index in [1.54, 1.807) is 0 Å². The highest BCUT2D eigenvalue weighted by Crippen LogP contribution is 2.34. The Morgan fingerprint density at radius 1 is 0.677 bits per heavy atom. The van der Waals surface area contributed by atoms with Gasteiger partial charge in [-0.25, -0.2) is 0 Å². The lowest BCUT2D eigenvalue weighted by molar-refractivity contribution is -0.338. The molecule has 31 heavy (non-hydrogen) atoms. The highest BCUT2D eigenvalue weighted by atomic mass is 16.9. The third-order valence-electron chi connectivity index (χ3n) is 6.16. The van der Waals surface area contributed by atoms with Crippen molar-refractivity contribution >= 4 is 0 Å². The molecule has 4 heterocycles. The lowest BCUT2D eigenvalue weighted by Gasteiger charge is -2.27. The van der Waals surface area contributed by atoms with E-state index in [1.807, 2.05) is 0 Å². The fourth-order valence-electron chi connectivity index (χ4n) is 4.48. The van der Waals surface area contributed by atoms with E-state index in [2.05, 4.69) is 13.8 Å². The Balaban J connectivity index is 1.10. The Bertz CT molecular complexity index is 492. The third kappa shape index (κ3) is 6.84. The molecule has 2 spiro atoms. The van der Waals surface area contributed by atoms with Gasteiger partial charge in [0.15, 0.2) is 0 Å². The summed E-state index contributed by atoms with van der Waals surface area (Å²) in [5, 5.41) is 0. The van der Waals surface area contributed by atoms with E-state index >= 15 is 0 Å². The molecule has 4 fully saturated rings. The Kier molecular flexibility index (Phi) is 8.25. The summed E-state index contributed by atoms with van der Waals surface area (Å²) in [4.78, 5) is 0. The molecule has 0 aromatic rings. The first kappa shape index (κ1) is 23.8. The van der Waals surface area contributed by atoms with Gasteiger partial charge in [-0.05, 0) is 25.7 Å². The minimum Gasteiger partial charge on any atom is -0.378 e. The molecular weight excluding hydrogens is 404 g/mol. The summed E-state index contributed by atoms with van der Waals surface area (Å²) >= 11 is 0. The van der Waals surface area contributed by atoms with E-state index in [9.17, 15) is 0 Å². The van der Waals surface area contributed by atoms with Gasteiger partial charge in [0.25, 0.3) is 11.9 Å². The Hall–Kier alpha value is -0.320. The van der Waals surface area contributed by atoms with E-state index in [0.29, 0.717) is 52.9 Å². The average Bonchev–Trinajstić information content (AvgIpc) is 3.12. The molecule has 4 aliphatic heterocycles. The van der Waals surface area contributed by atoms with Gasteiger partial charge >= 0.3 is 0 Å². The second-order valence-electron chi connectivity index (χ2n) is 9.98. The van der Waals surface area contributed by atoms with Crippen LogP contribution in [0.3, 0.4) is 0 Å². The normalized spacial score (nSPS) is 37.4. The smallest absolute Gasteiger partial charge is 0.283 e. The molecule has 4 atom stereocenters. The van der Waals surface area contributed by atoms with Crippen LogP contribution in [0.15, 0.2) is 0 Å². The fourth-order valence-corrected chi connectivity index (χ4v) is 4.48. The highest BCUT2D eigenvalue weighted by Gasteiger charge is 2.44. The van der Waals surface area contributed by atoms with Crippen LogP contribution in [0, 0.1) is 5.41 Å². The maximum atomic E-state index is 6.05. The molecular formula is C23H40O8. The molecule has 0 aromatic heterocycles. The summed E-state index contributed by atoms with van der Waals surface area (Å²) < 4.78 is 47.4. The predicted molar refractivity (Wildman–Crippen MR) is 111 cm³/mol. The van der Waals surface area contributed by atoms with Crippen LogP contribution >= 0.6 is 0 Å². The lowest BCUT2D eigenvalue weighted by Crippen LogP contribution is -2.35. The van der Waals surface area contributed by atoms with Gasteiger partial charge in [0.2, 0.25) is 0 Å². The first-order valence-electron chi connectivity index (χ1n) is 12.1. The van der Waals surface area contributed by atoms with Crippen LogP contribution in [0.1, 0.15) is 65.2 Å². The molecule has 8 nitrogen and oxygen atoms in total. The fraction of sp³-hybridized carbons (Fsp3) is 1.00. The van der Waals surface area contributed by atoms with Gasteiger partial charge in [-0.3, -0.25) is 0 Å². The van der Waals surface area contributed by atoms with Gasteiger partial charge in [-0.1, -0.05) is 26.7 Å². The number of ether oxygens (including phenoxy) is 8. The van der Waals surface area contributed by atoms with E-state index in [1.165, 1.54) is 0 Å². The second-order valence-corrected chi connectivity index (χ2v) is 9.98. The van der Waals surface area contributed by atoms with Crippen molar-refractivity contribution in [1.29, 1.82) is 0 Å². The number of hydrogen-bond acceptors (Lipinski definition) is 8. The van der Waals surface area contributed by atoms with Crippen molar-refractivity contribution in [2.75, 3.05) is 52.9 Å². The number of hydrogen-bond donors (Lipinski definition) is 0. The third-order valence-corrected chi connectivity index (χ3v) is 6.16. The predicted octanol–water partition coefficient (Wildman–Crippen LogP) is 3.37. The van der Waals surface area contributed by atoms with Gasteiger partial charge in [0.1, 0.15) is 12.2 Å². The van der Waals surface area contributed by atoms with Crippen molar-refractivity contribution in [2.45, 2.75) is 89.4 Å². The summed E-state index contributed by atoms with van der Waals surface area (Å²) in [6.07, 6.45) is 8.01. The van der Waals surface area contributed by atoms with Crippen molar-refractivity contribution in [3.8, 4) is 0 Å². The summed E-state index contributed by atoms with van der Waals surface area (Å²) in [6, 6.07) is 0. The summed E-state index contributed by atoms with van der Waals surface area (Å²) in [5.41, 5.74) is -0.119. The summed E-state index contributed by atoms with van der Waals surface area (Å²) in [5.74, 6) is -1.68. The van der Waals surface area contributed by atoms with E-state index in [0.717, 1.165) is 51.4 Å². The molecule has 4 saturated heterocycles. The largest absolute Gasteiger partial charge is 0.378 e. The SMILES string of the molecule is CC(C)(COCC1COC2(CCCCCO2)O1)COCC1COC2(CCCCCO2)O1. The topological polar surface area (TPSA) is 73.8 Å². The molecule has 4 aliphatic rings. The van der Waals surface area contributed by atoms with Crippen LogP contribution in [0.5, 0.6) is 0 Å². The molecule has 4 rings (SSSR count). The summed E-state index contributed by atoms with van der Waals surface area (Å²) in [6.45, 7) is 8.84. The zero-order valence-corrected chi connectivity index (χ0v) is 19.2. The van der Waals surface area contributed by atoms with Crippen molar-refractivity contribution in [1.82, 2.24) is 0 Å². The van der Waals surface area contributed by atoms with Crippen molar-refractivity contribution in [3.05, 3.63) is 0 Å². The number of rotatable bonds is 8. The van der Waals surface area contributed by atoms with Crippen molar-refractivity contribution < 1.29 is 37.9 Å². The van der Waals surface area contributed by atoms with Crippen LogP contribution in [0.2, 0.25) is 0 Å². The van der Waals surface area contributed by atoms with Crippen LogP contribution in [0.4, 0.5) is 0 Å². The van der Waals surface area contributed by atoms with Crippen molar-refractivity contribution in [2.24, 2.45) is 5.41 Å². The Morgan fingerprint density at radius 3 is 1.65 bits per heavy atom. The quantitative estimate of drug-likeness (QED) is 0.564. The van der Waals surface area contributed by atoms with Crippen LogP contribution in [0.25, 0.3) is 0 Å². The molecule has 0 N–H and O–H groups in total. The molecule has 0 aromatic carbocycles. The van der Waals surface area contributed by atoms with Crippen LogP contribution < -0.4 is 0 Å². The van der Waals surface area contributed by atoms with Crippen molar-refractivity contribution in [3.63, 3.8) is 0 Å². The van der Waals surface area contributed by atoms with Gasteiger partial charge in [-0.2, -0.15) is 0 Å². The Labute approximate surface area is 186 Å². The Morgan fingerprint density at radius 2 is 1.16 bits per heavy atom. The zero-order chi connectivity index (χ0) is 21.6. The van der Waals surface area contributed by atoms with Gasteiger partial charge in [0, 0.05) is 18.3 Å². The molecule has 0 radical (unpaired) electrons.